The lowest BCUT2D eigenvalue weighted by atomic mass is 10.5. The molecule has 0 aromatic rings. The summed E-state index contributed by atoms with van der Waals surface area (Å²) in [5.74, 6) is 0. The van der Waals surface area contributed by atoms with Crippen LogP contribution in [0, 0.1) is 0 Å². The van der Waals surface area contributed by atoms with Gasteiger partial charge in [0.2, 0.25) is 0 Å². The molecule has 0 heterocycles. The van der Waals surface area contributed by atoms with E-state index in [4.69, 9.17) is 13.9 Å². The minimum Gasteiger partial charge on any atom is -0.414 e. The number of methoxy groups -OCH3 is 1. The molecule has 0 unspecified atom stereocenters. The van der Waals surface area contributed by atoms with Gasteiger partial charge in [0.15, 0.2) is 8.32 Å². The Bertz CT molecular complexity index is 183. The summed E-state index contributed by atoms with van der Waals surface area (Å²) < 4.78 is 16.8. The van der Waals surface area contributed by atoms with Crippen LogP contribution in [0.15, 0.2) is 0 Å². The minimum absolute atomic E-state index is 0.636. The SMILES string of the molecule is COCCOCCO[Si](C(C)C)(C(C)C)C(C)C. The number of rotatable bonds is 10. The van der Waals surface area contributed by atoms with Crippen LogP contribution in [0.4, 0.5) is 0 Å². The van der Waals surface area contributed by atoms with Gasteiger partial charge in [-0.3, -0.25) is 0 Å². The van der Waals surface area contributed by atoms with E-state index in [0.29, 0.717) is 43.1 Å². The Morgan fingerprint density at radius 1 is 0.722 bits per heavy atom. The molecule has 0 saturated carbocycles. The molecule has 3 nitrogen and oxygen atoms in total. The van der Waals surface area contributed by atoms with Crippen LogP contribution in [-0.4, -0.2) is 41.9 Å². The average molecular weight is 276 g/mol. The van der Waals surface area contributed by atoms with Gasteiger partial charge in [-0.05, 0) is 16.6 Å². The van der Waals surface area contributed by atoms with Crippen molar-refractivity contribution in [1.29, 1.82) is 0 Å². The molecule has 0 aromatic heterocycles. The molecule has 0 bridgehead atoms. The Labute approximate surface area is 114 Å². The Balaban J connectivity index is 4.26. The zero-order valence-electron chi connectivity index (χ0n) is 13.3. The highest BCUT2D eigenvalue weighted by Gasteiger charge is 2.44. The van der Waals surface area contributed by atoms with Crippen molar-refractivity contribution in [2.24, 2.45) is 0 Å². The Morgan fingerprint density at radius 3 is 1.56 bits per heavy atom. The predicted octanol–water partition coefficient (Wildman–Crippen LogP) is 3.84. The first kappa shape index (κ1) is 18.1. The summed E-state index contributed by atoms with van der Waals surface area (Å²) in [6.07, 6.45) is 0. The summed E-state index contributed by atoms with van der Waals surface area (Å²) in [5.41, 5.74) is 1.91. The van der Waals surface area contributed by atoms with Crippen LogP contribution < -0.4 is 0 Å². The van der Waals surface area contributed by atoms with Gasteiger partial charge >= 0.3 is 0 Å². The first-order valence-corrected chi connectivity index (χ1v) is 9.24. The second-order valence-electron chi connectivity index (χ2n) is 5.77. The first-order valence-electron chi connectivity index (χ1n) is 7.10. The summed E-state index contributed by atoms with van der Waals surface area (Å²) in [6.45, 7) is 16.5. The van der Waals surface area contributed by atoms with Crippen molar-refractivity contribution in [3.63, 3.8) is 0 Å². The van der Waals surface area contributed by atoms with Crippen molar-refractivity contribution in [3.8, 4) is 0 Å². The molecular formula is C14H32O3Si. The zero-order chi connectivity index (χ0) is 14.2. The molecule has 0 spiro atoms. The van der Waals surface area contributed by atoms with Crippen LogP contribution in [0.2, 0.25) is 16.6 Å². The van der Waals surface area contributed by atoms with Gasteiger partial charge in [0.25, 0.3) is 0 Å². The predicted molar refractivity (Wildman–Crippen MR) is 79.7 cm³/mol. The second kappa shape index (κ2) is 9.07. The van der Waals surface area contributed by atoms with Crippen LogP contribution in [0.1, 0.15) is 41.5 Å². The molecule has 0 atom stereocenters. The van der Waals surface area contributed by atoms with Crippen molar-refractivity contribution in [2.75, 3.05) is 33.5 Å². The van der Waals surface area contributed by atoms with E-state index in [9.17, 15) is 0 Å². The summed E-state index contributed by atoms with van der Waals surface area (Å²) >= 11 is 0. The first-order chi connectivity index (χ1) is 8.39. The highest BCUT2D eigenvalue weighted by Crippen LogP contribution is 2.41. The molecule has 4 heteroatoms. The molecule has 0 rings (SSSR count). The van der Waals surface area contributed by atoms with E-state index in [-0.39, 0.29) is 0 Å². The third-order valence-corrected chi connectivity index (χ3v) is 9.84. The van der Waals surface area contributed by atoms with E-state index < -0.39 is 8.32 Å². The highest BCUT2D eigenvalue weighted by molar-refractivity contribution is 6.77. The van der Waals surface area contributed by atoms with E-state index in [0.717, 1.165) is 0 Å². The average Bonchev–Trinajstić information content (AvgIpc) is 2.26. The van der Waals surface area contributed by atoms with Crippen LogP contribution in [0.5, 0.6) is 0 Å². The van der Waals surface area contributed by atoms with Gasteiger partial charge in [0, 0.05) is 7.11 Å². The number of hydrogen-bond acceptors (Lipinski definition) is 3. The maximum absolute atomic E-state index is 6.37. The van der Waals surface area contributed by atoms with E-state index >= 15 is 0 Å². The van der Waals surface area contributed by atoms with Crippen LogP contribution in [-0.2, 0) is 13.9 Å². The lowest BCUT2D eigenvalue weighted by Gasteiger charge is -2.42. The molecule has 0 radical (unpaired) electrons. The van der Waals surface area contributed by atoms with E-state index in [1.165, 1.54) is 0 Å². The fourth-order valence-corrected chi connectivity index (χ4v) is 8.46. The Morgan fingerprint density at radius 2 is 1.17 bits per heavy atom. The fourth-order valence-electron chi connectivity index (χ4n) is 3.02. The molecular weight excluding hydrogens is 244 g/mol. The van der Waals surface area contributed by atoms with Gasteiger partial charge < -0.3 is 13.9 Å². The standard InChI is InChI=1S/C14H32O3Si/c1-12(2)18(13(3)4,14(5)6)17-11-10-16-9-8-15-7/h12-14H,8-11H2,1-7H3. The van der Waals surface area contributed by atoms with Crippen LogP contribution in [0.3, 0.4) is 0 Å². The lowest BCUT2D eigenvalue weighted by Crippen LogP contribution is -2.48. The molecule has 110 valence electrons. The summed E-state index contributed by atoms with van der Waals surface area (Å²) in [4.78, 5) is 0. The second-order valence-corrected chi connectivity index (χ2v) is 11.2. The topological polar surface area (TPSA) is 27.7 Å². The maximum Gasteiger partial charge on any atom is 0.200 e. The zero-order valence-corrected chi connectivity index (χ0v) is 14.3. The molecule has 0 amide bonds. The molecule has 0 fully saturated rings. The van der Waals surface area contributed by atoms with Crippen LogP contribution in [0.25, 0.3) is 0 Å². The van der Waals surface area contributed by atoms with Gasteiger partial charge in [0.05, 0.1) is 26.4 Å². The fraction of sp³-hybridized carbons (Fsp3) is 1.00. The smallest absolute Gasteiger partial charge is 0.200 e. The van der Waals surface area contributed by atoms with Gasteiger partial charge in [-0.1, -0.05) is 41.5 Å². The summed E-state index contributed by atoms with van der Waals surface area (Å²) in [6, 6.07) is 0. The third-order valence-electron chi connectivity index (χ3n) is 3.72. The summed E-state index contributed by atoms with van der Waals surface area (Å²) in [7, 11) is -0.0187. The van der Waals surface area contributed by atoms with Crippen molar-refractivity contribution < 1.29 is 13.9 Å². The lowest BCUT2D eigenvalue weighted by molar-refractivity contribution is 0.0513. The summed E-state index contributed by atoms with van der Waals surface area (Å²) in [5, 5.41) is 0. The quantitative estimate of drug-likeness (QED) is 0.448. The normalized spacial score (nSPS) is 13.0. The molecule has 0 aliphatic carbocycles. The van der Waals surface area contributed by atoms with E-state index in [1.807, 2.05) is 0 Å². The molecule has 18 heavy (non-hydrogen) atoms. The van der Waals surface area contributed by atoms with E-state index in [2.05, 4.69) is 41.5 Å². The monoisotopic (exact) mass is 276 g/mol. The van der Waals surface area contributed by atoms with Gasteiger partial charge in [-0.25, -0.2) is 0 Å². The van der Waals surface area contributed by atoms with Gasteiger partial charge in [-0.2, -0.15) is 0 Å². The van der Waals surface area contributed by atoms with Crippen molar-refractivity contribution >= 4 is 8.32 Å². The van der Waals surface area contributed by atoms with Crippen molar-refractivity contribution in [3.05, 3.63) is 0 Å². The molecule has 0 aliphatic heterocycles. The maximum atomic E-state index is 6.37. The number of hydrogen-bond donors (Lipinski definition) is 0. The largest absolute Gasteiger partial charge is 0.414 e. The van der Waals surface area contributed by atoms with Crippen molar-refractivity contribution in [2.45, 2.75) is 58.2 Å². The van der Waals surface area contributed by atoms with Crippen LogP contribution >= 0.6 is 0 Å². The molecule has 0 saturated heterocycles. The Kier molecular flexibility index (Phi) is 9.12. The van der Waals surface area contributed by atoms with Gasteiger partial charge in [0.1, 0.15) is 0 Å². The highest BCUT2D eigenvalue weighted by atomic mass is 28.4. The minimum atomic E-state index is -1.71. The Hall–Kier alpha value is 0.0969. The third kappa shape index (κ3) is 5.00. The van der Waals surface area contributed by atoms with Crippen molar-refractivity contribution in [1.82, 2.24) is 0 Å². The molecule has 0 aromatic carbocycles. The van der Waals surface area contributed by atoms with Gasteiger partial charge in [-0.15, -0.1) is 0 Å². The molecule has 0 N–H and O–H groups in total. The molecule has 0 aliphatic rings. The number of ether oxygens (including phenoxy) is 2. The van der Waals surface area contributed by atoms with E-state index in [1.54, 1.807) is 7.11 Å².